The molecule has 3 nitrogen and oxygen atoms in total. The fraction of sp³-hybridized carbons (Fsp3) is 1.00. The van der Waals surface area contributed by atoms with E-state index in [1.54, 1.807) is 0 Å². The van der Waals surface area contributed by atoms with Crippen LogP contribution in [0.25, 0.3) is 0 Å². The maximum Gasteiger partial charge on any atom is 0.0469 e. The molecule has 0 amide bonds. The molecule has 3 fully saturated rings. The third kappa shape index (κ3) is 3.06. The van der Waals surface area contributed by atoms with Crippen LogP contribution in [0, 0.1) is 11.8 Å². The van der Waals surface area contributed by atoms with Gasteiger partial charge in [0.2, 0.25) is 0 Å². The molecule has 0 spiro atoms. The Hall–Kier alpha value is -0.120. The van der Waals surface area contributed by atoms with Crippen LogP contribution in [-0.2, 0) is 4.74 Å². The highest BCUT2D eigenvalue weighted by atomic mass is 16.5. The average Bonchev–Trinajstić information content (AvgIpc) is 2.89. The summed E-state index contributed by atoms with van der Waals surface area (Å²) in [6.45, 7) is 7.20. The number of nitrogens with zero attached hydrogens (tertiary/aromatic N) is 1. The van der Waals surface area contributed by atoms with Gasteiger partial charge in [0, 0.05) is 25.8 Å². The fourth-order valence-electron chi connectivity index (χ4n) is 4.11. The minimum Gasteiger partial charge on any atom is -0.381 e. The maximum absolute atomic E-state index is 5.52. The van der Waals surface area contributed by atoms with Crippen LogP contribution >= 0.6 is 0 Å². The van der Waals surface area contributed by atoms with Crippen molar-refractivity contribution < 1.29 is 4.74 Å². The van der Waals surface area contributed by atoms with Gasteiger partial charge in [-0.25, -0.2) is 0 Å². The molecule has 1 unspecified atom stereocenters. The van der Waals surface area contributed by atoms with Crippen molar-refractivity contribution in [3.8, 4) is 0 Å². The summed E-state index contributed by atoms with van der Waals surface area (Å²) in [7, 11) is 0. The Morgan fingerprint density at radius 1 is 1.00 bits per heavy atom. The van der Waals surface area contributed by atoms with Crippen molar-refractivity contribution in [2.45, 2.75) is 44.6 Å². The van der Waals surface area contributed by atoms with Crippen molar-refractivity contribution in [1.29, 1.82) is 0 Å². The van der Waals surface area contributed by atoms with E-state index < -0.39 is 0 Å². The normalized spacial score (nSPS) is 33.0. The van der Waals surface area contributed by atoms with Gasteiger partial charge in [-0.05, 0) is 70.0 Å². The molecule has 3 saturated heterocycles. The number of hydrogen-bond donors (Lipinski definition) is 1. The molecule has 18 heavy (non-hydrogen) atoms. The lowest BCUT2D eigenvalue weighted by Crippen LogP contribution is -2.42. The highest BCUT2D eigenvalue weighted by molar-refractivity contribution is 4.87. The van der Waals surface area contributed by atoms with Crippen molar-refractivity contribution in [2.24, 2.45) is 11.8 Å². The van der Waals surface area contributed by atoms with Crippen LogP contribution in [0.4, 0.5) is 0 Å². The molecule has 0 aromatic rings. The van der Waals surface area contributed by atoms with Crippen molar-refractivity contribution in [3.05, 3.63) is 0 Å². The largest absolute Gasteiger partial charge is 0.381 e. The van der Waals surface area contributed by atoms with Crippen LogP contribution in [0.3, 0.4) is 0 Å². The molecule has 0 aliphatic carbocycles. The second-order valence-electron chi connectivity index (χ2n) is 6.35. The number of likely N-dealkylation sites (tertiary alicyclic amines) is 1. The molecular formula is C15H28N2O. The van der Waals surface area contributed by atoms with E-state index in [0.717, 1.165) is 31.1 Å². The summed E-state index contributed by atoms with van der Waals surface area (Å²) in [6, 6.07) is 0.879. The molecule has 104 valence electrons. The summed E-state index contributed by atoms with van der Waals surface area (Å²) in [4.78, 5) is 2.83. The number of rotatable bonds is 3. The van der Waals surface area contributed by atoms with E-state index in [9.17, 15) is 0 Å². The van der Waals surface area contributed by atoms with Gasteiger partial charge in [-0.1, -0.05) is 0 Å². The zero-order valence-electron chi connectivity index (χ0n) is 11.6. The van der Waals surface area contributed by atoms with Gasteiger partial charge in [-0.15, -0.1) is 0 Å². The molecule has 0 bridgehead atoms. The molecule has 0 aromatic carbocycles. The van der Waals surface area contributed by atoms with Crippen LogP contribution in [0.15, 0.2) is 0 Å². The molecule has 0 radical (unpaired) electrons. The highest BCUT2D eigenvalue weighted by Crippen LogP contribution is 2.31. The second-order valence-corrected chi connectivity index (χ2v) is 6.35. The molecule has 3 heteroatoms. The van der Waals surface area contributed by atoms with E-state index in [-0.39, 0.29) is 0 Å². The monoisotopic (exact) mass is 252 g/mol. The molecule has 3 heterocycles. The van der Waals surface area contributed by atoms with E-state index in [4.69, 9.17) is 4.74 Å². The molecule has 1 N–H and O–H groups in total. The summed E-state index contributed by atoms with van der Waals surface area (Å²) >= 11 is 0. The Labute approximate surface area is 111 Å². The molecule has 3 rings (SSSR count). The van der Waals surface area contributed by atoms with E-state index in [1.807, 2.05) is 0 Å². The number of hydrogen-bond acceptors (Lipinski definition) is 3. The van der Waals surface area contributed by atoms with Crippen LogP contribution < -0.4 is 5.32 Å². The van der Waals surface area contributed by atoms with Gasteiger partial charge in [-0.2, -0.15) is 0 Å². The first-order valence-corrected chi connectivity index (χ1v) is 7.96. The summed E-state index contributed by atoms with van der Waals surface area (Å²) in [6.07, 6.45) is 8.23. The first kappa shape index (κ1) is 12.9. The van der Waals surface area contributed by atoms with E-state index in [0.29, 0.717) is 0 Å². The van der Waals surface area contributed by atoms with E-state index >= 15 is 0 Å². The van der Waals surface area contributed by atoms with Gasteiger partial charge < -0.3 is 10.1 Å². The molecule has 0 aromatic heterocycles. The number of piperidine rings is 1. The van der Waals surface area contributed by atoms with E-state index in [1.165, 1.54) is 64.7 Å². The maximum atomic E-state index is 5.52. The first-order chi connectivity index (χ1) is 8.93. The molecule has 1 atom stereocenters. The van der Waals surface area contributed by atoms with Gasteiger partial charge in [0.05, 0.1) is 0 Å². The third-order valence-corrected chi connectivity index (χ3v) is 5.18. The van der Waals surface area contributed by atoms with Crippen molar-refractivity contribution in [3.63, 3.8) is 0 Å². The first-order valence-electron chi connectivity index (χ1n) is 7.96. The predicted octanol–water partition coefficient (Wildman–Crippen LogP) is 1.88. The fourth-order valence-corrected chi connectivity index (χ4v) is 4.11. The number of nitrogens with one attached hydrogen (secondary N) is 1. The highest BCUT2D eigenvalue weighted by Gasteiger charge is 2.33. The number of ether oxygens (including phenoxy) is 1. The lowest BCUT2D eigenvalue weighted by molar-refractivity contribution is 0.0320. The minimum absolute atomic E-state index is 0.879. The van der Waals surface area contributed by atoms with Crippen molar-refractivity contribution in [2.75, 3.05) is 39.4 Å². The lowest BCUT2D eigenvalue weighted by atomic mass is 9.89. The topological polar surface area (TPSA) is 24.5 Å². The zero-order chi connectivity index (χ0) is 12.2. The Balaban J connectivity index is 1.53. The predicted molar refractivity (Wildman–Crippen MR) is 73.7 cm³/mol. The van der Waals surface area contributed by atoms with Gasteiger partial charge >= 0.3 is 0 Å². The van der Waals surface area contributed by atoms with Gasteiger partial charge in [-0.3, -0.25) is 4.90 Å². The van der Waals surface area contributed by atoms with Gasteiger partial charge in [0.25, 0.3) is 0 Å². The smallest absolute Gasteiger partial charge is 0.0469 e. The van der Waals surface area contributed by atoms with Crippen LogP contribution in [0.1, 0.15) is 38.5 Å². The quantitative estimate of drug-likeness (QED) is 0.830. The summed E-state index contributed by atoms with van der Waals surface area (Å²) in [5.41, 5.74) is 0. The van der Waals surface area contributed by atoms with Crippen LogP contribution in [0.2, 0.25) is 0 Å². The van der Waals surface area contributed by atoms with Crippen LogP contribution in [-0.4, -0.2) is 50.3 Å². The van der Waals surface area contributed by atoms with Crippen molar-refractivity contribution >= 4 is 0 Å². The Morgan fingerprint density at radius 3 is 2.56 bits per heavy atom. The standard InChI is InChI=1S/C15H28N2O/c1-2-15(14-5-10-18-11-6-14)17(9-1)12-13-3-7-16-8-4-13/h13-16H,1-12H2. The van der Waals surface area contributed by atoms with Crippen molar-refractivity contribution in [1.82, 2.24) is 10.2 Å². The SMILES string of the molecule is C1CC(C2CCOCC2)N(CC2CCNCC2)C1. The van der Waals surface area contributed by atoms with Gasteiger partial charge in [0.1, 0.15) is 0 Å². The van der Waals surface area contributed by atoms with Crippen LogP contribution in [0.5, 0.6) is 0 Å². The molecule has 3 aliphatic heterocycles. The van der Waals surface area contributed by atoms with Gasteiger partial charge in [0.15, 0.2) is 0 Å². The summed E-state index contributed by atoms with van der Waals surface area (Å²) < 4.78 is 5.52. The van der Waals surface area contributed by atoms with E-state index in [2.05, 4.69) is 10.2 Å². The summed E-state index contributed by atoms with van der Waals surface area (Å²) in [5, 5.41) is 3.48. The lowest BCUT2D eigenvalue weighted by Gasteiger charge is -2.36. The molecule has 3 aliphatic rings. The second kappa shape index (κ2) is 6.36. The molecule has 0 saturated carbocycles. The third-order valence-electron chi connectivity index (χ3n) is 5.18. The average molecular weight is 252 g/mol. The Morgan fingerprint density at radius 2 is 1.78 bits per heavy atom. The Kier molecular flexibility index (Phi) is 4.55. The molecular weight excluding hydrogens is 224 g/mol. The minimum atomic E-state index is 0.879. The summed E-state index contributed by atoms with van der Waals surface area (Å²) in [5.74, 6) is 1.87. The zero-order valence-corrected chi connectivity index (χ0v) is 11.6. The Bertz CT molecular complexity index is 247.